The van der Waals surface area contributed by atoms with Crippen molar-refractivity contribution in [1.82, 2.24) is 19.6 Å². The summed E-state index contributed by atoms with van der Waals surface area (Å²) < 4.78 is 8.10. The Bertz CT molecular complexity index is 1530. The topological polar surface area (TPSA) is 167 Å². The van der Waals surface area contributed by atoms with Crippen LogP contribution < -0.4 is 5.56 Å². The fraction of sp³-hybridized carbons (Fsp3) is 0.280. The van der Waals surface area contributed by atoms with E-state index in [1.54, 1.807) is 30.3 Å². The zero-order valence-corrected chi connectivity index (χ0v) is 21.2. The van der Waals surface area contributed by atoms with E-state index in [0.29, 0.717) is 27.5 Å². The van der Waals surface area contributed by atoms with E-state index in [9.17, 15) is 30.5 Å². The second kappa shape index (κ2) is 10.8. The molecule has 0 amide bonds. The first-order valence-corrected chi connectivity index (χ1v) is 12.8. The summed E-state index contributed by atoms with van der Waals surface area (Å²) in [5.74, 6) is 0. The van der Waals surface area contributed by atoms with Gasteiger partial charge in [-0.25, -0.2) is 4.68 Å². The number of hydrogen-bond donors (Lipinski definition) is 4. The van der Waals surface area contributed by atoms with Gasteiger partial charge in [-0.15, -0.1) is 16.4 Å². The zero-order chi connectivity index (χ0) is 27.0. The molecule has 1 aliphatic heterocycles. The Hall–Kier alpha value is -3.41. The molecule has 4 heterocycles. The van der Waals surface area contributed by atoms with Gasteiger partial charge in [-0.3, -0.25) is 4.79 Å². The second-order valence-corrected chi connectivity index (χ2v) is 10.1. The van der Waals surface area contributed by atoms with Gasteiger partial charge in [-0.2, -0.15) is 5.26 Å². The van der Waals surface area contributed by atoms with Gasteiger partial charge in [0, 0.05) is 10.6 Å². The lowest BCUT2D eigenvalue weighted by Gasteiger charge is -2.39. The van der Waals surface area contributed by atoms with E-state index in [4.69, 9.17) is 16.3 Å². The quantitative estimate of drug-likeness (QED) is 0.275. The molecule has 1 aromatic carbocycles. The summed E-state index contributed by atoms with van der Waals surface area (Å²) in [6, 6.07) is 14.4. The number of ether oxygens (including phenoxy) is 1. The number of aliphatic hydroxyl groups is 4. The van der Waals surface area contributed by atoms with Gasteiger partial charge in [0.05, 0.1) is 29.9 Å². The van der Waals surface area contributed by atoms with Gasteiger partial charge in [-0.05, 0) is 35.2 Å². The molecule has 0 bridgehead atoms. The fourth-order valence-corrected chi connectivity index (χ4v) is 5.25. The molecule has 11 nitrogen and oxygen atoms in total. The number of aromatic nitrogens is 4. The van der Waals surface area contributed by atoms with Crippen LogP contribution in [0.15, 0.2) is 58.8 Å². The van der Waals surface area contributed by atoms with Crippen LogP contribution in [-0.4, -0.2) is 71.0 Å². The molecular weight excluding hydrogens is 534 g/mol. The van der Waals surface area contributed by atoms with E-state index in [2.05, 4.69) is 10.3 Å². The summed E-state index contributed by atoms with van der Waals surface area (Å²) in [6.45, 7) is -0.640. The number of nitrogens with zero attached hydrogens (tertiary/aromatic N) is 5. The van der Waals surface area contributed by atoms with E-state index in [1.165, 1.54) is 22.1 Å². The lowest BCUT2D eigenvalue weighted by atomic mass is 9.98. The lowest BCUT2D eigenvalue weighted by molar-refractivity contribution is -0.254. The Morgan fingerprint density at radius 1 is 1.13 bits per heavy atom. The number of hydrogen-bond acceptors (Lipinski definition) is 10. The van der Waals surface area contributed by atoms with Crippen LogP contribution in [-0.2, 0) is 11.3 Å². The first-order chi connectivity index (χ1) is 18.3. The van der Waals surface area contributed by atoms with Crippen LogP contribution in [0.5, 0.6) is 0 Å². The molecule has 0 aliphatic carbocycles. The highest BCUT2D eigenvalue weighted by Crippen LogP contribution is 2.32. The summed E-state index contributed by atoms with van der Waals surface area (Å²) in [6.07, 6.45) is -5.55. The van der Waals surface area contributed by atoms with E-state index in [1.807, 2.05) is 23.6 Å². The Kier molecular flexibility index (Phi) is 7.42. The Morgan fingerprint density at radius 2 is 1.89 bits per heavy atom. The molecule has 38 heavy (non-hydrogen) atoms. The number of thiophene rings is 1. The molecule has 5 atom stereocenters. The highest BCUT2D eigenvalue weighted by atomic mass is 35.5. The molecule has 5 rings (SSSR count). The van der Waals surface area contributed by atoms with Crippen molar-refractivity contribution in [3.05, 3.63) is 80.7 Å². The molecule has 0 radical (unpaired) electrons. The van der Waals surface area contributed by atoms with Gasteiger partial charge in [0.2, 0.25) is 0 Å². The first-order valence-electron chi connectivity index (χ1n) is 11.5. The molecule has 196 valence electrons. The maximum Gasteiger partial charge on any atom is 0.269 e. The number of aliphatic hydroxyl groups excluding tert-OH is 4. The molecular formula is C25H22ClN5O6S. The highest BCUT2D eigenvalue weighted by Gasteiger charge is 2.44. The van der Waals surface area contributed by atoms with Gasteiger partial charge < -0.3 is 29.7 Å². The number of nitriles is 1. The van der Waals surface area contributed by atoms with Crippen LogP contribution in [0.4, 0.5) is 0 Å². The summed E-state index contributed by atoms with van der Waals surface area (Å²) in [5, 5.41) is 60.4. The maximum atomic E-state index is 13.6. The third kappa shape index (κ3) is 4.77. The van der Waals surface area contributed by atoms with Crippen molar-refractivity contribution in [2.45, 2.75) is 37.2 Å². The molecule has 0 spiro atoms. The molecule has 0 unspecified atom stereocenters. The SMILES string of the molecule is N#Cc1c(-c2ccc(Cl)cc2)cc(-c2cccs2)n(Cc2cn([C@@H]3O[C@H](CO)[C@@H](O)[C@H](O)[C@H]3O)nn2)c1=O. The molecule has 13 heteroatoms. The predicted octanol–water partition coefficient (Wildman–Crippen LogP) is 1.38. The second-order valence-electron chi connectivity index (χ2n) is 8.71. The van der Waals surface area contributed by atoms with E-state index >= 15 is 0 Å². The van der Waals surface area contributed by atoms with Crippen molar-refractivity contribution < 1.29 is 25.2 Å². The van der Waals surface area contributed by atoms with Crippen molar-refractivity contribution >= 4 is 22.9 Å². The van der Waals surface area contributed by atoms with Crippen LogP contribution >= 0.6 is 22.9 Å². The van der Waals surface area contributed by atoms with Gasteiger partial charge in [-0.1, -0.05) is 35.0 Å². The van der Waals surface area contributed by atoms with Crippen LogP contribution in [0.2, 0.25) is 5.02 Å². The maximum absolute atomic E-state index is 13.6. The number of rotatable bonds is 6. The van der Waals surface area contributed by atoms with E-state index in [0.717, 1.165) is 9.56 Å². The third-order valence-electron chi connectivity index (χ3n) is 6.35. The molecule has 1 fully saturated rings. The summed E-state index contributed by atoms with van der Waals surface area (Å²) >= 11 is 7.45. The average Bonchev–Trinajstić information content (AvgIpc) is 3.62. The van der Waals surface area contributed by atoms with Crippen LogP contribution in [0.1, 0.15) is 17.5 Å². The Balaban J connectivity index is 1.55. The van der Waals surface area contributed by atoms with Crippen molar-refractivity contribution in [3.8, 4) is 27.8 Å². The normalized spacial score (nSPS) is 23.3. The van der Waals surface area contributed by atoms with Crippen molar-refractivity contribution in [2.75, 3.05) is 6.61 Å². The summed E-state index contributed by atoms with van der Waals surface area (Å²) in [5.41, 5.74) is 1.45. The lowest BCUT2D eigenvalue weighted by Crippen LogP contribution is -2.56. The average molecular weight is 556 g/mol. The monoisotopic (exact) mass is 555 g/mol. The molecule has 3 aromatic heterocycles. The minimum atomic E-state index is -1.58. The number of pyridine rings is 1. The van der Waals surface area contributed by atoms with Gasteiger partial charge in [0.15, 0.2) is 6.23 Å². The number of halogens is 1. The molecule has 4 aromatic rings. The smallest absolute Gasteiger partial charge is 0.269 e. The minimum Gasteiger partial charge on any atom is -0.394 e. The molecule has 4 N–H and O–H groups in total. The largest absolute Gasteiger partial charge is 0.394 e. The first kappa shape index (κ1) is 26.2. The number of benzene rings is 1. The zero-order valence-electron chi connectivity index (χ0n) is 19.6. The fourth-order valence-electron chi connectivity index (χ4n) is 4.37. The predicted molar refractivity (Wildman–Crippen MR) is 137 cm³/mol. The van der Waals surface area contributed by atoms with Crippen molar-refractivity contribution in [3.63, 3.8) is 0 Å². The summed E-state index contributed by atoms with van der Waals surface area (Å²) in [7, 11) is 0. The molecule has 1 saturated heterocycles. The third-order valence-corrected chi connectivity index (χ3v) is 7.49. The van der Waals surface area contributed by atoms with Crippen LogP contribution in [0, 0.1) is 11.3 Å². The highest BCUT2D eigenvalue weighted by molar-refractivity contribution is 7.13. The Labute approximate surface area is 225 Å². The minimum absolute atomic E-state index is 0.0473. The van der Waals surface area contributed by atoms with Crippen LogP contribution in [0.25, 0.3) is 21.7 Å². The van der Waals surface area contributed by atoms with E-state index < -0.39 is 42.8 Å². The molecule has 1 aliphatic rings. The summed E-state index contributed by atoms with van der Waals surface area (Å²) in [4.78, 5) is 14.4. The molecule has 0 saturated carbocycles. The Morgan fingerprint density at radius 3 is 2.55 bits per heavy atom. The standard InChI is InChI=1S/C25H22ClN5O6S/c26-14-5-3-13(4-6-14)16-8-18(20-2-1-7-38-20)30(24(36)17(16)9-27)10-15-11-31(29-28-15)25-23(35)22(34)21(33)19(12-32)37-25/h1-8,11,19,21-23,25,32-35H,10,12H2/t19-,21-,22+,23-,25-/m1/s1. The van der Waals surface area contributed by atoms with Crippen LogP contribution in [0.3, 0.4) is 0 Å². The van der Waals surface area contributed by atoms with Gasteiger partial charge >= 0.3 is 0 Å². The van der Waals surface area contributed by atoms with Gasteiger partial charge in [0.1, 0.15) is 41.7 Å². The van der Waals surface area contributed by atoms with E-state index in [-0.39, 0.29) is 12.1 Å². The van der Waals surface area contributed by atoms with Crippen molar-refractivity contribution in [1.29, 1.82) is 5.26 Å². The van der Waals surface area contributed by atoms with Gasteiger partial charge in [0.25, 0.3) is 5.56 Å². The van der Waals surface area contributed by atoms with Crippen molar-refractivity contribution in [2.24, 2.45) is 0 Å².